The van der Waals surface area contributed by atoms with E-state index < -0.39 is 0 Å². The number of imide groups is 1. The van der Waals surface area contributed by atoms with Gasteiger partial charge in [-0.05, 0) is 48.1 Å². The van der Waals surface area contributed by atoms with Gasteiger partial charge in [0.25, 0.3) is 11.8 Å². The van der Waals surface area contributed by atoms with Crippen molar-refractivity contribution in [2.45, 2.75) is 12.8 Å². The zero-order chi connectivity index (χ0) is 22.2. The van der Waals surface area contributed by atoms with Gasteiger partial charge in [0.05, 0.1) is 25.5 Å². The number of fused-ring (bicyclic) bond motifs is 1. The number of para-hydroxylation sites is 1. The summed E-state index contributed by atoms with van der Waals surface area (Å²) in [6, 6.07) is 16.9. The molecule has 1 aromatic heterocycles. The number of hydrogen-bond donors (Lipinski definition) is 0. The smallest absolute Gasteiger partial charge is 0.282 e. The van der Waals surface area contributed by atoms with E-state index in [1.807, 2.05) is 40.6 Å². The maximum Gasteiger partial charge on any atom is 0.282 e. The Balaban J connectivity index is 1.67. The van der Waals surface area contributed by atoms with Crippen LogP contribution in [-0.2, 0) is 16.0 Å². The molecule has 0 saturated heterocycles. The van der Waals surface area contributed by atoms with Crippen LogP contribution in [0, 0.1) is 0 Å². The van der Waals surface area contributed by atoms with Gasteiger partial charge >= 0.3 is 0 Å². The maximum atomic E-state index is 13.9. The average molecular weight is 447 g/mol. The molecule has 32 heavy (non-hydrogen) atoms. The van der Waals surface area contributed by atoms with E-state index in [1.165, 1.54) is 28.9 Å². The lowest BCUT2D eigenvalue weighted by molar-refractivity contribution is -0.120. The van der Waals surface area contributed by atoms with Gasteiger partial charge < -0.3 is 14.4 Å². The molecule has 5 rings (SSSR count). The summed E-state index contributed by atoms with van der Waals surface area (Å²) in [5.41, 5.74) is 3.41. The molecule has 0 bridgehead atoms. The second-order valence-corrected chi connectivity index (χ2v) is 8.52. The minimum atomic E-state index is -0.349. The van der Waals surface area contributed by atoms with Gasteiger partial charge in [-0.1, -0.05) is 24.3 Å². The first-order valence-corrected chi connectivity index (χ1v) is 11.3. The zero-order valence-corrected chi connectivity index (χ0v) is 18.6. The SMILES string of the molecule is COc1ccc(N2C(=O)C(c3cccs3)=C(N3CCCc4ccccc43)C2=O)c(OC)c1. The summed E-state index contributed by atoms with van der Waals surface area (Å²) in [7, 11) is 3.07. The summed E-state index contributed by atoms with van der Waals surface area (Å²) < 4.78 is 10.8. The lowest BCUT2D eigenvalue weighted by Gasteiger charge is -2.32. The van der Waals surface area contributed by atoms with E-state index in [0.29, 0.717) is 35.0 Å². The van der Waals surface area contributed by atoms with Crippen LogP contribution >= 0.6 is 11.3 Å². The van der Waals surface area contributed by atoms with Crippen LogP contribution < -0.4 is 19.3 Å². The highest BCUT2D eigenvalue weighted by molar-refractivity contribution is 7.11. The van der Waals surface area contributed by atoms with Crippen molar-refractivity contribution >= 4 is 40.1 Å². The molecule has 0 N–H and O–H groups in total. The zero-order valence-electron chi connectivity index (χ0n) is 17.8. The first-order valence-electron chi connectivity index (χ1n) is 10.4. The van der Waals surface area contributed by atoms with Crippen molar-refractivity contribution in [3.05, 3.63) is 76.1 Å². The van der Waals surface area contributed by atoms with Gasteiger partial charge in [-0.25, -0.2) is 4.90 Å². The first-order chi connectivity index (χ1) is 15.6. The number of aryl methyl sites for hydroxylation is 1. The molecule has 0 spiro atoms. The lowest BCUT2D eigenvalue weighted by atomic mass is 10.00. The number of rotatable bonds is 5. The Bertz CT molecular complexity index is 1230. The van der Waals surface area contributed by atoms with Gasteiger partial charge in [-0.2, -0.15) is 0 Å². The first kappa shape index (κ1) is 20.3. The van der Waals surface area contributed by atoms with Gasteiger partial charge in [-0.15, -0.1) is 11.3 Å². The van der Waals surface area contributed by atoms with E-state index in [0.717, 1.165) is 23.4 Å². The molecular weight excluding hydrogens is 424 g/mol. The van der Waals surface area contributed by atoms with Crippen LogP contribution in [0.5, 0.6) is 11.5 Å². The molecule has 0 unspecified atom stereocenters. The standard InChI is InChI=1S/C25H22N2O4S/c1-30-17-11-12-19(20(15-17)31-2)27-24(28)22(21-10-6-14-32-21)23(25(27)29)26-13-5-8-16-7-3-4-9-18(16)26/h3-4,6-7,9-12,14-15H,5,8,13H2,1-2H3. The van der Waals surface area contributed by atoms with Crippen LogP contribution in [0.25, 0.3) is 5.57 Å². The van der Waals surface area contributed by atoms with E-state index in [2.05, 4.69) is 6.07 Å². The minimum Gasteiger partial charge on any atom is -0.497 e. The number of methoxy groups -OCH3 is 2. The molecular formula is C25H22N2O4S. The number of hydrogen-bond acceptors (Lipinski definition) is 6. The molecule has 0 radical (unpaired) electrons. The lowest BCUT2D eigenvalue weighted by Crippen LogP contribution is -2.37. The third-order valence-electron chi connectivity index (χ3n) is 5.83. The third kappa shape index (κ3) is 3.17. The van der Waals surface area contributed by atoms with E-state index in [-0.39, 0.29) is 11.8 Å². The number of anilines is 2. The van der Waals surface area contributed by atoms with Crippen molar-refractivity contribution in [2.24, 2.45) is 0 Å². The molecule has 2 aromatic carbocycles. The molecule has 3 aromatic rings. The number of carbonyl (C=O) groups excluding carboxylic acids is 2. The molecule has 2 amide bonds. The molecule has 7 heteroatoms. The Morgan fingerprint density at radius 3 is 2.50 bits per heavy atom. The molecule has 162 valence electrons. The number of benzene rings is 2. The minimum absolute atomic E-state index is 0.348. The van der Waals surface area contributed by atoms with Crippen LogP contribution in [0.2, 0.25) is 0 Å². The van der Waals surface area contributed by atoms with Crippen molar-refractivity contribution in [3.8, 4) is 11.5 Å². The fraction of sp³-hybridized carbons (Fsp3) is 0.200. The third-order valence-corrected chi connectivity index (χ3v) is 6.72. The van der Waals surface area contributed by atoms with Crippen molar-refractivity contribution < 1.29 is 19.1 Å². The molecule has 0 atom stereocenters. The Labute approximate surface area is 190 Å². The molecule has 6 nitrogen and oxygen atoms in total. The van der Waals surface area contributed by atoms with Crippen LogP contribution in [-0.4, -0.2) is 32.6 Å². The van der Waals surface area contributed by atoms with Crippen LogP contribution in [0.1, 0.15) is 16.9 Å². The summed E-state index contributed by atoms with van der Waals surface area (Å²) in [6.07, 6.45) is 1.86. The van der Waals surface area contributed by atoms with E-state index in [4.69, 9.17) is 9.47 Å². The maximum absolute atomic E-state index is 13.9. The highest BCUT2D eigenvalue weighted by Gasteiger charge is 2.44. The van der Waals surface area contributed by atoms with E-state index in [1.54, 1.807) is 25.3 Å². The number of thiophene rings is 1. The normalized spacial score (nSPS) is 15.9. The molecule has 3 heterocycles. The topological polar surface area (TPSA) is 59.1 Å². The number of carbonyl (C=O) groups is 2. The highest BCUT2D eigenvalue weighted by Crippen LogP contribution is 2.43. The van der Waals surface area contributed by atoms with Crippen LogP contribution in [0.15, 0.2) is 65.7 Å². The molecule has 2 aliphatic rings. The van der Waals surface area contributed by atoms with Gasteiger partial charge in [0.2, 0.25) is 0 Å². The molecule has 2 aliphatic heterocycles. The van der Waals surface area contributed by atoms with Crippen molar-refractivity contribution in [1.29, 1.82) is 0 Å². The Morgan fingerprint density at radius 2 is 1.75 bits per heavy atom. The number of amides is 2. The van der Waals surface area contributed by atoms with Crippen molar-refractivity contribution in [1.82, 2.24) is 0 Å². The van der Waals surface area contributed by atoms with Crippen molar-refractivity contribution in [3.63, 3.8) is 0 Å². The summed E-state index contributed by atoms with van der Waals surface area (Å²) in [6.45, 7) is 0.674. The van der Waals surface area contributed by atoms with Gasteiger partial charge in [0, 0.05) is 23.2 Å². The second-order valence-electron chi connectivity index (χ2n) is 7.57. The van der Waals surface area contributed by atoms with Crippen LogP contribution in [0.3, 0.4) is 0 Å². The number of nitrogens with zero attached hydrogens (tertiary/aromatic N) is 2. The summed E-state index contributed by atoms with van der Waals surface area (Å²) >= 11 is 1.45. The second kappa shape index (κ2) is 8.16. The van der Waals surface area contributed by atoms with Crippen LogP contribution in [0.4, 0.5) is 11.4 Å². The quantitative estimate of drug-likeness (QED) is 0.540. The Hall–Kier alpha value is -3.58. The van der Waals surface area contributed by atoms with Crippen molar-refractivity contribution in [2.75, 3.05) is 30.6 Å². The predicted molar refractivity (Wildman–Crippen MR) is 125 cm³/mol. The molecule has 0 saturated carbocycles. The summed E-state index contributed by atoms with van der Waals surface area (Å²) in [5, 5.41) is 1.92. The highest BCUT2D eigenvalue weighted by atomic mass is 32.1. The monoisotopic (exact) mass is 446 g/mol. The van der Waals surface area contributed by atoms with E-state index in [9.17, 15) is 9.59 Å². The summed E-state index contributed by atoms with van der Waals surface area (Å²) in [4.78, 5) is 31.6. The van der Waals surface area contributed by atoms with Gasteiger partial charge in [0.1, 0.15) is 17.2 Å². The van der Waals surface area contributed by atoms with E-state index >= 15 is 0 Å². The van der Waals surface area contributed by atoms with Gasteiger partial charge in [-0.3, -0.25) is 9.59 Å². The van der Waals surface area contributed by atoms with Gasteiger partial charge in [0.15, 0.2) is 0 Å². The number of ether oxygens (including phenoxy) is 2. The largest absolute Gasteiger partial charge is 0.497 e. The summed E-state index contributed by atoms with van der Waals surface area (Å²) in [5.74, 6) is 0.288. The molecule has 0 fully saturated rings. The Kier molecular flexibility index (Phi) is 5.19. The fourth-order valence-electron chi connectivity index (χ4n) is 4.37. The predicted octanol–water partition coefficient (Wildman–Crippen LogP) is 4.50. The fourth-order valence-corrected chi connectivity index (χ4v) is 5.13. The molecule has 0 aliphatic carbocycles. The average Bonchev–Trinajstić information content (AvgIpc) is 3.44. The Morgan fingerprint density at radius 1 is 0.906 bits per heavy atom.